The SMILES string of the molecule is O=C(NCC(O)c1ccccc1F)c1ccc(Br)cc1. The summed E-state index contributed by atoms with van der Waals surface area (Å²) in [5.74, 6) is -0.800. The number of aliphatic hydroxyl groups is 1. The number of rotatable bonds is 4. The van der Waals surface area contributed by atoms with Crippen LogP contribution in [0.25, 0.3) is 0 Å². The predicted molar refractivity (Wildman–Crippen MR) is 77.8 cm³/mol. The summed E-state index contributed by atoms with van der Waals surface area (Å²) in [6, 6.07) is 12.8. The van der Waals surface area contributed by atoms with Crippen LogP contribution in [0.1, 0.15) is 22.0 Å². The van der Waals surface area contributed by atoms with Gasteiger partial charge in [-0.25, -0.2) is 4.39 Å². The van der Waals surface area contributed by atoms with Crippen molar-refractivity contribution in [2.24, 2.45) is 0 Å². The summed E-state index contributed by atoms with van der Waals surface area (Å²) in [6.07, 6.45) is -1.07. The lowest BCUT2D eigenvalue weighted by Gasteiger charge is -2.13. The Morgan fingerprint density at radius 2 is 1.85 bits per heavy atom. The van der Waals surface area contributed by atoms with Crippen molar-refractivity contribution in [1.82, 2.24) is 5.32 Å². The average molecular weight is 338 g/mol. The zero-order chi connectivity index (χ0) is 14.5. The molecule has 1 atom stereocenters. The van der Waals surface area contributed by atoms with E-state index in [1.54, 1.807) is 36.4 Å². The maximum Gasteiger partial charge on any atom is 0.251 e. The number of nitrogens with one attached hydrogen (secondary N) is 1. The Balaban J connectivity index is 1.97. The zero-order valence-electron chi connectivity index (χ0n) is 10.5. The molecule has 1 unspecified atom stereocenters. The third-order valence-electron chi connectivity index (χ3n) is 2.83. The second kappa shape index (κ2) is 6.63. The van der Waals surface area contributed by atoms with E-state index in [9.17, 15) is 14.3 Å². The summed E-state index contributed by atoms with van der Waals surface area (Å²) in [4.78, 5) is 11.8. The maximum absolute atomic E-state index is 13.5. The summed E-state index contributed by atoms with van der Waals surface area (Å²) in [5, 5.41) is 12.5. The van der Waals surface area contributed by atoms with E-state index < -0.39 is 11.9 Å². The number of hydrogen-bond acceptors (Lipinski definition) is 2. The van der Waals surface area contributed by atoms with Crippen molar-refractivity contribution < 1.29 is 14.3 Å². The Morgan fingerprint density at radius 1 is 1.20 bits per heavy atom. The highest BCUT2D eigenvalue weighted by Gasteiger charge is 2.13. The van der Waals surface area contributed by atoms with Gasteiger partial charge in [0.25, 0.3) is 5.91 Å². The molecule has 0 fully saturated rings. The summed E-state index contributed by atoms with van der Waals surface area (Å²) in [6.45, 7) is -0.0458. The number of amides is 1. The van der Waals surface area contributed by atoms with Crippen LogP contribution >= 0.6 is 15.9 Å². The van der Waals surface area contributed by atoms with Crippen molar-refractivity contribution in [3.63, 3.8) is 0 Å². The number of carbonyl (C=O) groups excluding carboxylic acids is 1. The summed E-state index contributed by atoms with van der Waals surface area (Å²) in [5.41, 5.74) is 0.650. The standard InChI is InChI=1S/C15H13BrFNO2/c16-11-7-5-10(6-8-11)15(20)18-9-14(19)12-3-1-2-4-13(12)17/h1-8,14,19H,9H2,(H,18,20). The first-order valence-corrected chi connectivity index (χ1v) is 6.83. The number of hydrogen-bond donors (Lipinski definition) is 2. The molecule has 5 heteroatoms. The molecule has 20 heavy (non-hydrogen) atoms. The molecule has 0 aliphatic carbocycles. The molecule has 0 bridgehead atoms. The molecule has 1 amide bonds. The first kappa shape index (κ1) is 14.7. The van der Waals surface area contributed by atoms with Gasteiger partial charge >= 0.3 is 0 Å². The highest BCUT2D eigenvalue weighted by Crippen LogP contribution is 2.16. The van der Waals surface area contributed by atoms with Crippen molar-refractivity contribution >= 4 is 21.8 Å². The number of halogens is 2. The molecule has 2 aromatic carbocycles. The van der Waals surface area contributed by atoms with Gasteiger partial charge in [-0.2, -0.15) is 0 Å². The van der Waals surface area contributed by atoms with Gasteiger partial charge in [0.1, 0.15) is 5.82 Å². The average Bonchev–Trinajstić information content (AvgIpc) is 2.45. The maximum atomic E-state index is 13.5. The number of aliphatic hydroxyl groups excluding tert-OH is 1. The molecule has 3 nitrogen and oxygen atoms in total. The fraction of sp³-hybridized carbons (Fsp3) is 0.133. The van der Waals surface area contributed by atoms with Crippen LogP contribution in [0.3, 0.4) is 0 Å². The van der Waals surface area contributed by atoms with Gasteiger partial charge in [0.2, 0.25) is 0 Å². The Hall–Kier alpha value is -1.72. The van der Waals surface area contributed by atoms with Gasteiger partial charge in [-0.1, -0.05) is 34.1 Å². The molecule has 104 valence electrons. The minimum absolute atomic E-state index is 0.0458. The highest BCUT2D eigenvalue weighted by molar-refractivity contribution is 9.10. The van der Waals surface area contributed by atoms with Crippen LogP contribution < -0.4 is 5.32 Å². The third-order valence-corrected chi connectivity index (χ3v) is 3.36. The lowest BCUT2D eigenvalue weighted by Crippen LogP contribution is -2.28. The van der Waals surface area contributed by atoms with Gasteiger partial charge in [-0.15, -0.1) is 0 Å². The lowest BCUT2D eigenvalue weighted by atomic mass is 10.1. The molecule has 0 saturated carbocycles. The summed E-state index contributed by atoms with van der Waals surface area (Å²) < 4.78 is 14.3. The molecule has 0 heterocycles. The molecule has 0 aliphatic heterocycles. The molecule has 2 aromatic rings. The van der Waals surface area contributed by atoms with Crippen LogP contribution in [0, 0.1) is 5.82 Å². The zero-order valence-corrected chi connectivity index (χ0v) is 12.1. The van der Waals surface area contributed by atoms with Crippen molar-refractivity contribution in [3.8, 4) is 0 Å². The second-order valence-electron chi connectivity index (χ2n) is 4.25. The number of carbonyl (C=O) groups is 1. The summed E-state index contributed by atoms with van der Waals surface area (Å²) >= 11 is 3.28. The third kappa shape index (κ3) is 3.65. The van der Waals surface area contributed by atoms with Gasteiger partial charge < -0.3 is 10.4 Å². The van der Waals surface area contributed by atoms with Crippen LogP contribution in [-0.4, -0.2) is 17.6 Å². The first-order valence-electron chi connectivity index (χ1n) is 6.04. The lowest BCUT2D eigenvalue weighted by molar-refractivity contribution is 0.0914. The van der Waals surface area contributed by atoms with Gasteiger partial charge in [0, 0.05) is 22.1 Å². The monoisotopic (exact) mass is 337 g/mol. The molecular formula is C15H13BrFNO2. The van der Waals surface area contributed by atoms with E-state index in [0.29, 0.717) is 5.56 Å². The quantitative estimate of drug-likeness (QED) is 0.900. The van der Waals surface area contributed by atoms with Crippen LogP contribution in [0.15, 0.2) is 53.0 Å². The Kier molecular flexibility index (Phi) is 4.87. The molecule has 2 rings (SSSR count). The van der Waals surface area contributed by atoms with Gasteiger partial charge in [0.05, 0.1) is 6.10 Å². The minimum Gasteiger partial charge on any atom is -0.386 e. The fourth-order valence-corrected chi connectivity index (χ4v) is 2.01. The molecule has 0 saturated heterocycles. The molecule has 0 aliphatic rings. The predicted octanol–water partition coefficient (Wildman–Crippen LogP) is 3.05. The largest absolute Gasteiger partial charge is 0.386 e. The Labute approximate surface area is 124 Å². The normalized spacial score (nSPS) is 11.9. The number of benzene rings is 2. The smallest absolute Gasteiger partial charge is 0.251 e. The van der Waals surface area contributed by atoms with Crippen LogP contribution in [0.5, 0.6) is 0 Å². The van der Waals surface area contributed by atoms with E-state index >= 15 is 0 Å². The van der Waals surface area contributed by atoms with E-state index in [-0.39, 0.29) is 18.0 Å². The van der Waals surface area contributed by atoms with E-state index in [0.717, 1.165) is 4.47 Å². The van der Waals surface area contributed by atoms with Gasteiger partial charge in [-0.3, -0.25) is 4.79 Å². The van der Waals surface area contributed by atoms with Crippen LogP contribution in [0.2, 0.25) is 0 Å². The van der Waals surface area contributed by atoms with E-state index in [1.807, 2.05) is 0 Å². The van der Waals surface area contributed by atoms with Crippen molar-refractivity contribution in [3.05, 3.63) is 69.9 Å². The first-order chi connectivity index (χ1) is 9.58. The Morgan fingerprint density at radius 3 is 2.50 bits per heavy atom. The van der Waals surface area contributed by atoms with Crippen molar-refractivity contribution in [2.45, 2.75) is 6.10 Å². The fourth-order valence-electron chi connectivity index (χ4n) is 1.75. The van der Waals surface area contributed by atoms with Crippen molar-refractivity contribution in [2.75, 3.05) is 6.54 Å². The van der Waals surface area contributed by atoms with E-state index in [1.165, 1.54) is 12.1 Å². The molecule has 0 aromatic heterocycles. The molecule has 2 N–H and O–H groups in total. The molecular weight excluding hydrogens is 325 g/mol. The minimum atomic E-state index is -1.07. The van der Waals surface area contributed by atoms with Crippen LogP contribution in [-0.2, 0) is 0 Å². The van der Waals surface area contributed by atoms with Gasteiger partial charge in [-0.05, 0) is 30.3 Å². The van der Waals surface area contributed by atoms with Crippen molar-refractivity contribution in [1.29, 1.82) is 0 Å². The van der Waals surface area contributed by atoms with E-state index in [2.05, 4.69) is 21.2 Å². The van der Waals surface area contributed by atoms with E-state index in [4.69, 9.17) is 0 Å². The molecule has 0 spiro atoms. The van der Waals surface area contributed by atoms with Crippen LogP contribution in [0.4, 0.5) is 4.39 Å². The summed E-state index contributed by atoms with van der Waals surface area (Å²) in [7, 11) is 0. The Bertz CT molecular complexity index is 601. The topological polar surface area (TPSA) is 49.3 Å². The molecule has 0 radical (unpaired) electrons. The van der Waals surface area contributed by atoms with Gasteiger partial charge in [0.15, 0.2) is 0 Å². The second-order valence-corrected chi connectivity index (χ2v) is 5.17. The highest BCUT2D eigenvalue weighted by atomic mass is 79.9.